The topological polar surface area (TPSA) is 66.5 Å². The number of amides is 1. The molecule has 7 heteroatoms. The Labute approximate surface area is 178 Å². The SMILES string of the molecule is Cc1ccc(S(=O)(=O)N2CCC(CCC(=O)NCc3ccc(Cl)cc3)CC2)cc1. The molecular weight excluding hydrogens is 408 g/mol. The smallest absolute Gasteiger partial charge is 0.243 e. The highest BCUT2D eigenvalue weighted by Gasteiger charge is 2.29. The average Bonchev–Trinajstić information content (AvgIpc) is 2.72. The molecule has 1 aliphatic rings. The Hall–Kier alpha value is -1.89. The normalized spacial score (nSPS) is 15.9. The van der Waals surface area contributed by atoms with E-state index >= 15 is 0 Å². The highest BCUT2D eigenvalue weighted by atomic mass is 35.5. The zero-order valence-electron chi connectivity index (χ0n) is 16.6. The van der Waals surface area contributed by atoms with E-state index in [9.17, 15) is 13.2 Å². The first-order valence-electron chi connectivity index (χ1n) is 9.92. The molecule has 0 aliphatic carbocycles. The Morgan fingerprint density at radius 2 is 1.69 bits per heavy atom. The summed E-state index contributed by atoms with van der Waals surface area (Å²) in [4.78, 5) is 12.5. The molecule has 0 aromatic heterocycles. The van der Waals surface area contributed by atoms with Crippen LogP contribution in [0.4, 0.5) is 0 Å². The number of piperidine rings is 1. The number of hydrogen-bond donors (Lipinski definition) is 1. The first-order chi connectivity index (χ1) is 13.8. The highest BCUT2D eigenvalue weighted by Crippen LogP contribution is 2.26. The first-order valence-corrected chi connectivity index (χ1v) is 11.7. The van der Waals surface area contributed by atoms with Gasteiger partial charge in [-0.15, -0.1) is 0 Å². The molecule has 29 heavy (non-hydrogen) atoms. The summed E-state index contributed by atoms with van der Waals surface area (Å²) in [5.74, 6) is 0.399. The second-order valence-corrected chi connectivity index (χ2v) is 9.98. The van der Waals surface area contributed by atoms with E-state index in [1.54, 1.807) is 16.4 Å². The standard InChI is InChI=1S/C22H27ClN2O3S/c1-17-2-9-21(10-3-17)29(27,28)25-14-12-18(13-15-25)6-11-22(26)24-16-19-4-7-20(23)8-5-19/h2-5,7-10,18H,6,11-16H2,1H3,(H,24,26). The van der Waals surface area contributed by atoms with Gasteiger partial charge in [-0.3, -0.25) is 4.79 Å². The molecule has 156 valence electrons. The van der Waals surface area contributed by atoms with Crippen LogP contribution in [0.15, 0.2) is 53.4 Å². The maximum Gasteiger partial charge on any atom is 0.243 e. The minimum absolute atomic E-state index is 0.0228. The largest absolute Gasteiger partial charge is 0.352 e. The lowest BCUT2D eigenvalue weighted by atomic mass is 9.93. The predicted molar refractivity (Wildman–Crippen MR) is 115 cm³/mol. The van der Waals surface area contributed by atoms with Crippen LogP contribution in [0, 0.1) is 12.8 Å². The molecular formula is C22H27ClN2O3S. The summed E-state index contributed by atoms with van der Waals surface area (Å²) in [6, 6.07) is 14.4. The Morgan fingerprint density at radius 1 is 1.07 bits per heavy atom. The monoisotopic (exact) mass is 434 g/mol. The van der Waals surface area contributed by atoms with Crippen LogP contribution < -0.4 is 5.32 Å². The molecule has 0 unspecified atom stereocenters. The van der Waals surface area contributed by atoms with Crippen LogP contribution >= 0.6 is 11.6 Å². The van der Waals surface area contributed by atoms with Crippen LogP contribution in [0.2, 0.25) is 5.02 Å². The minimum Gasteiger partial charge on any atom is -0.352 e. The van der Waals surface area contributed by atoms with Gasteiger partial charge in [0.05, 0.1) is 4.90 Å². The molecule has 5 nitrogen and oxygen atoms in total. The van der Waals surface area contributed by atoms with Crippen molar-refractivity contribution in [1.29, 1.82) is 0 Å². The Kier molecular flexibility index (Phi) is 7.33. The van der Waals surface area contributed by atoms with Gasteiger partial charge in [0.1, 0.15) is 0 Å². The Balaban J connectivity index is 1.42. The lowest BCUT2D eigenvalue weighted by Crippen LogP contribution is -2.38. The van der Waals surface area contributed by atoms with Gasteiger partial charge in [0.2, 0.25) is 15.9 Å². The van der Waals surface area contributed by atoms with E-state index in [-0.39, 0.29) is 5.91 Å². The first kappa shape index (κ1) is 21.8. The van der Waals surface area contributed by atoms with Crippen molar-refractivity contribution < 1.29 is 13.2 Å². The molecule has 1 heterocycles. The van der Waals surface area contributed by atoms with Crippen molar-refractivity contribution >= 4 is 27.5 Å². The molecule has 0 saturated carbocycles. The number of sulfonamides is 1. The summed E-state index contributed by atoms with van der Waals surface area (Å²) >= 11 is 5.86. The van der Waals surface area contributed by atoms with Gasteiger partial charge in [0.25, 0.3) is 0 Å². The maximum atomic E-state index is 12.8. The van der Waals surface area contributed by atoms with Gasteiger partial charge in [-0.25, -0.2) is 8.42 Å². The molecule has 1 amide bonds. The summed E-state index contributed by atoms with van der Waals surface area (Å²) in [6.07, 6.45) is 2.82. The molecule has 3 rings (SSSR count). The van der Waals surface area contributed by atoms with E-state index < -0.39 is 10.0 Å². The number of nitrogens with zero attached hydrogens (tertiary/aromatic N) is 1. The quantitative estimate of drug-likeness (QED) is 0.711. The summed E-state index contributed by atoms with van der Waals surface area (Å²) in [5.41, 5.74) is 2.05. The minimum atomic E-state index is -3.43. The Morgan fingerprint density at radius 3 is 2.31 bits per heavy atom. The van der Waals surface area contributed by atoms with Gasteiger partial charge in [0.15, 0.2) is 0 Å². The lowest BCUT2D eigenvalue weighted by Gasteiger charge is -2.31. The summed E-state index contributed by atoms with van der Waals surface area (Å²) < 4.78 is 27.1. The van der Waals surface area contributed by atoms with Crippen LogP contribution in [0.25, 0.3) is 0 Å². The third kappa shape index (κ3) is 6.04. The van der Waals surface area contributed by atoms with Crippen LogP contribution in [0.5, 0.6) is 0 Å². The van der Waals surface area contributed by atoms with E-state index in [0.29, 0.717) is 41.9 Å². The Bertz CT molecular complexity index is 920. The molecule has 0 bridgehead atoms. The summed E-state index contributed by atoms with van der Waals surface area (Å²) in [6.45, 7) is 3.44. The van der Waals surface area contributed by atoms with Crippen molar-refractivity contribution in [2.24, 2.45) is 5.92 Å². The highest BCUT2D eigenvalue weighted by molar-refractivity contribution is 7.89. The summed E-state index contributed by atoms with van der Waals surface area (Å²) in [5, 5.41) is 3.61. The molecule has 0 radical (unpaired) electrons. The van der Waals surface area contributed by atoms with Crippen molar-refractivity contribution in [2.45, 2.75) is 44.0 Å². The van der Waals surface area contributed by atoms with Crippen molar-refractivity contribution in [2.75, 3.05) is 13.1 Å². The molecule has 0 spiro atoms. The number of hydrogen-bond acceptors (Lipinski definition) is 3. The fraction of sp³-hybridized carbons (Fsp3) is 0.409. The zero-order valence-corrected chi connectivity index (χ0v) is 18.2. The second kappa shape index (κ2) is 9.74. The van der Waals surface area contributed by atoms with Gasteiger partial charge in [-0.2, -0.15) is 4.31 Å². The number of benzene rings is 2. The number of carbonyl (C=O) groups is 1. The van der Waals surface area contributed by atoms with Crippen molar-refractivity contribution in [1.82, 2.24) is 9.62 Å². The van der Waals surface area contributed by atoms with Gasteiger partial charge in [-0.1, -0.05) is 41.4 Å². The van der Waals surface area contributed by atoms with E-state index in [2.05, 4.69) is 5.32 Å². The van der Waals surface area contributed by atoms with E-state index in [1.165, 1.54) is 0 Å². The fourth-order valence-corrected chi connectivity index (χ4v) is 5.12. The zero-order chi connectivity index (χ0) is 20.9. The average molecular weight is 435 g/mol. The van der Waals surface area contributed by atoms with E-state index in [0.717, 1.165) is 30.4 Å². The number of carbonyl (C=O) groups excluding carboxylic acids is 1. The molecule has 1 saturated heterocycles. The van der Waals surface area contributed by atoms with Crippen LogP contribution in [0.3, 0.4) is 0 Å². The van der Waals surface area contributed by atoms with Gasteiger partial charge < -0.3 is 5.32 Å². The van der Waals surface area contributed by atoms with Crippen LogP contribution in [-0.2, 0) is 21.4 Å². The summed E-state index contributed by atoms with van der Waals surface area (Å²) in [7, 11) is -3.43. The predicted octanol–water partition coefficient (Wildman–Crippen LogP) is 4.15. The second-order valence-electron chi connectivity index (χ2n) is 7.60. The number of nitrogens with one attached hydrogen (secondary N) is 1. The number of aryl methyl sites for hydroxylation is 1. The molecule has 1 N–H and O–H groups in total. The van der Waals surface area contributed by atoms with Gasteiger partial charge in [-0.05, 0) is 61.9 Å². The van der Waals surface area contributed by atoms with E-state index in [1.807, 2.05) is 43.3 Å². The fourth-order valence-electron chi connectivity index (χ4n) is 3.52. The van der Waals surface area contributed by atoms with Crippen LogP contribution in [0.1, 0.15) is 36.8 Å². The number of halogens is 1. The van der Waals surface area contributed by atoms with E-state index in [4.69, 9.17) is 11.6 Å². The lowest BCUT2D eigenvalue weighted by molar-refractivity contribution is -0.121. The van der Waals surface area contributed by atoms with Gasteiger partial charge >= 0.3 is 0 Å². The van der Waals surface area contributed by atoms with Crippen LogP contribution in [-0.4, -0.2) is 31.7 Å². The molecule has 2 aromatic carbocycles. The third-order valence-corrected chi connectivity index (χ3v) is 7.58. The molecule has 1 aliphatic heterocycles. The molecule has 2 aromatic rings. The molecule has 1 fully saturated rings. The van der Waals surface area contributed by atoms with Crippen molar-refractivity contribution in [3.05, 3.63) is 64.7 Å². The maximum absolute atomic E-state index is 12.8. The molecule has 0 atom stereocenters. The van der Waals surface area contributed by atoms with Gasteiger partial charge in [0, 0.05) is 31.1 Å². The van der Waals surface area contributed by atoms with Crippen molar-refractivity contribution in [3.63, 3.8) is 0 Å². The number of rotatable bonds is 7. The van der Waals surface area contributed by atoms with Crippen molar-refractivity contribution in [3.8, 4) is 0 Å². The third-order valence-electron chi connectivity index (χ3n) is 5.41.